The van der Waals surface area contributed by atoms with Crippen LogP contribution >= 0.6 is 0 Å². The van der Waals surface area contributed by atoms with E-state index in [4.69, 9.17) is 4.74 Å². The van der Waals surface area contributed by atoms with E-state index in [1.165, 1.54) is 4.68 Å². The van der Waals surface area contributed by atoms with Gasteiger partial charge in [-0.15, -0.1) is 0 Å². The standard InChI is InChI=1S/C26H29N5O3/c1-16(2)34-22-13-11-20(12-14-22)15-27-25(32)19(5)31-26(33)23-18(4)30(21-9-7-6-8-10-21)29-24(23)17(3)28-31/h6-14,16,19H,15H2,1-5H3,(H,27,32)/t19-/m1/s1. The van der Waals surface area contributed by atoms with Gasteiger partial charge in [-0.3, -0.25) is 9.59 Å². The molecule has 4 rings (SSSR count). The first-order valence-corrected chi connectivity index (χ1v) is 11.3. The number of hydrogen-bond donors (Lipinski definition) is 1. The van der Waals surface area contributed by atoms with E-state index < -0.39 is 6.04 Å². The normalized spacial score (nSPS) is 12.2. The largest absolute Gasteiger partial charge is 0.491 e. The summed E-state index contributed by atoms with van der Waals surface area (Å²) >= 11 is 0. The van der Waals surface area contributed by atoms with Gasteiger partial charge in [0.15, 0.2) is 0 Å². The second-order valence-electron chi connectivity index (χ2n) is 8.60. The second-order valence-corrected chi connectivity index (χ2v) is 8.60. The van der Waals surface area contributed by atoms with Crippen molar-refractivity contribution >= 4 is 16.8 Å². The Kier molecular flexibility index (Phi) is 6.49. The fraction of sp³-hybridized carbons (Fsp3) is 0.308. The van der Waals surface area contributed by atoms with Crippen molar-refractivity contribution in [2.75, 3.05) is 0 Å². The van der Waals surface area contributed by atoms with Gasteiger partial charge in [-0.25, -0.2) is 9.36 Å². The quantitative estimate of drug-likeness (QED) is 0.453. The number of aromatic nitrogens is 4. The highest BCUT2D eigenvalue weighted by atomic mass is 16.5. The van der Waals surface area contributed by atoms with E-state index in [2.05, 4.69) is 15.5 Å². The average Bonchev–Trinajstić information content (AvgIpc) is 3.18. The highest BCUT2D eigenvalue weighted by molar-refractivity contribution is 5.84. The lowest BCUT2D eigenvalue weighted by Crippen LogP contribution is -2.37. The zero-order chi connectivity index (χ0) is 24.4. The number of aryl methyl sites for hydroxylation is 2. The van der Waals surface area contributed by atoms with Crippen molar-refractivity contribution in [1.82, 2.24) is 24.9 Å². The summed E-state index contributed by atoms with van der Waals surface area (Å²) in [7, 11) is 0. The van der Waals surface area contributed by atoms with Gasteiger partial charge in [0.2, 0.25) is 5.91 Å². The fourth-order valence-electron chi connectivity index (χ4n) is 3.87. The lowest BCUT2D eigenvalue weighted by molar-refractivity contribution is -0.124. The number of amides is 1. The van der Waals surface area contributed by atoms with E-state index >= 15 is 0 Å². The van der Waals surface area contributed by atoms with Crippen LogP contribution in [-0.2, 0) is 11.3 Å². The summed E-state index contributed by atoms with van der Waals surface area (Å²) in [5, 5.41) is 12.4. The molecule has 2 aromatic heterocycles. The smallest absolute Gasteiger partial charge is 0.278 e. The summed E-state index contributed by atoms with van der Waals surface area (Å²) < 4.78 is 8.63. The zero-order valence-corrected chi connectivity index (χ0v) is 20.1. The lowest BCUT2D eigenvalue weighted by Gasteiger charge is -2.15. The minimum atomic E-state index is -0.779. The maximum absolute atomic E-state index is 13.3. The third kappa shape index (κ3) is 4.57. The van der Waals surface area contributed by atoms with Crippen molar-refractivity contribution in [3.05, 3.63) is 81.9 Å². The minimum absolute atomic E-state index is 0.0986. The Balaban J connectivity index is 1.57. The maximum atomic E-state index is 13.3. The second kappa shape index (κ2) is 9.51. The van der Waals surface area contributed by atoms with Gasteiger partial charge in [0.05, 0.1) is 28.6 Å². The number of hydrogen-bond acceptors (Lipinski definition) is 5. The number of carbonyl (C=O) groups excluding carboxylic acids is 1. The van der Waals surface area contributed by atoms with Crippen LogP contribution in [0.25, 0.3) is 16.6 Å². The molecule has 0 unspecified atom stereocenters. The number of carbonyl (C=O) groups is 1. The molecule has 1 amide bonds. The van der Waals surface area contributed by atoms with Gasteiger partial charge in [-0.05, 0) is 64.4 Å². The van der Waals surface area contributed by atoms with Crippen molar-refractivity contribution in [2.45, 2.75) is 53.3 Å². The molecule has 0 saturated carbocycles. The van der Waals surface area contributed by atoms with Crippen molar-refractivity contribution in [3.63, 3.8) is 0 Å². The van der Waals surface area contributed by atoms with E-state index in [-0.39, 0.29) is 17.6 Å². The molecule has 176 valence electrons. The zero-order valence-electron chi connectivity index (χ0n) is 20.1. The molecule has 0 aliphatic rings. The van der Waals surface area contributed by atoms with Crippen LogP contribution in [0.2, 0.25) is 0 Å². The van der Waals surface area contributed by atoms with Crippen LogP contribution < -0.4 is 15.6 Å². The molecule has 0 bridgehead atoms. The fourth-order valence-corrected chi connectivity index (χ4v) is 3.87. The molecular weight excluding hydrogens is 430 g/mol. The van der Waals surface area contributed by atoms with Gasteiger partial charge in [0, 0.05) is 6.54 Å². The SMILES string of the molecule is Cc1nn([C@H](C)C(=O)NCc2ccc(OC(C)C)cc2)c(=O)c2c(C)n(-c3ccccc3)nc12. The van der Waals surface area contributed by atoms with Crippen LogP contribution in [0.4, 0.5) is 0 Å². The van der Waals surface area contributed by atoms with Crippen molar-refractivity contribution in [2.24, 2.45) is 0 Å². The number of benzene rings is 2. The van der Waals surface area contributed by atoms with Crippen LogP contribution in [0, 0.1) is 13.8 Å². The van der Waals surface area contributed by atoms with Gasteiger partial charge < -0.3 is 10.1 Å². The van der Waals surface area contributed by atoms with Crippen LogP contribution in [0.5, 0.6) is 5.75 Å². The first-order chi connectivity index (χ1) is 16.3. The molecule has 1 N–H and O–H groups in total. The van der Waals surface area contributed by atoms with E-state index in [1.807, 2.05) is 75.4 Å². The molecular formula is C26H29N5O3. The monoisotopic (exact) mass is 459 g/mol. The minimum Gasteiger partial charge on any atom is -0.491 e. The molecule has 0 spiro atoms. The molecule has 4 aromatic rings. The molecule has 8 nitrogen and oxygen atoms in total. The molecule has 0 aliphatic heterocycles. The van der Waals surface area contributed by atoms with Crippen LogP contribution in [-0.4, -0.2) is 31.6 Å². The van der Waals surface area contributed by atoms with E-state index in [1.54, 1.807) is 18.5 Å². The van der Waals surface area contributed by atoms with Crippen molar-refractivity contribution < 1.29 is 9.53 Å². The van der Waals surface area contributed by atoms with Crippen molar-refractivity contribution in [3.8, 4) is 11.4 Å². The van der Waals surface area contributed by atoms with Crippen LogP contribution in [0.1, 0.15) is 43.8 Å². The summed E-state index contributed by atoms with van der Waals surface area (Å²) in [5.41, 5.74) is 3.30. The Morgan fingerprint density at radius 2 is 1.68 bits per heavy atom. The highest BCUT2D eigenvalue weighted by Crippen LogP contribution is 2.21. The van der Waals surface area contributed by atoms with Gasteiger partial charge in [-0.1, -0.05) is 30.3 Å². The Labute approximate surface area is 198 Å². The van der Waals surface area contributed by atoms with Gasteiger partial charge in [0.1, 0.15) is 17.3 Å². The topological polar surface area (TPSA) is 91.0 Å². The third-order valence-electron chi connectivity index (χ3n) is 5.65. The number of nitrogens with one attached hydrogen (secondary N) is 1. The van der Waals surface area contributed by atoms with Crippen LogP contribution in [0.3, 0.4) is 0 Å². The number of ether oxygens (including phenoxy) is 1. The summed E-state index contributed by atoms with van der Waals surface area (Å²) in [4.78, 5) is 26.2. The third-order valence-corrected chi connectivity index (χ3v) is 5.65. The Bertz CT molecular complexity index is 1370. The number of fused-ring (bicyclic) bond motifs is 1. The summed E-state index contributed by atoms with van der Waals surface area (Å²) in [5.74, 6) is 0.494. The molecule has 2 heterocycles. The molecule has 0 fully saturated rings. The lowest BCUT2D eigenvalue weighted by atomic mass is 10.2. The first-order valence-electron chi connectivity index (χ1n) is 11.3. The molecule has 8 heteroatoms. The first kappa shape index (κ1) is 23.2. The van der Waals surface area contributed by atoms with Gasteiger partial charge in [0.25, 0.3) is 5.56 Å². The molecule has 0 saturated heterocycles. The Hall–Kier alpha value is -3.94. The van der Waals surface area contributed by atoms with Gasteiger partial charge >= 0.3 is 0 Å². The van der Waals surface area contributed by atoms with Crippen molar-refractivity contribution in [1.29, 1.82) is 0 Å². The number of nitrogens with zero attached hydrogens (tertiary/aromatic N) is 4. The Morgan fingerprint density at radius 3 is 2.32 bits per heavy atom. The van der Waals surface area contributed by atoms with E-state index in [0.717, 1.165) is 17.0 Å². The molecule has 1 atom stereocenters. The number of para-hydroxylation sites is 1. The summed E-state index contributed by atoms with van der Waals surface area (Å²) in [6.07, 6.45) is 0.0986. The van der Waals surface area contributed by atoms with Gasteiger partial charge in [-0.2, -0.15) is 10.2 Å². The Morgan fingerprint density at radius 1 is 1.00 bits per heavy atom. The molecule has 0 radical (unpaired) electrons. The molecule has 2 aromatic carbocycles. The highest BCUT2D eigenvalue weighted by Gasteiger charge is 2.23. The summed E-state index contributed by atoms with van der Waals surface area (Å²) in [6, 6.07) is 16.4. The predicted octanol–water partition coefficient (Wildman–Crippen LogP) is 3.86. The van der Waals surface area contributed by atoms with Crippen LogP contribution in [0.15, 0.2) is 59.4 Å². The average molecular weight is 460 g/mol. The predicted molar refractivity (Wildman–Crippen MR) is 131 cm³/mol. The molecule has 34 heavy (non-hydrogen) atoms. The van der Waals surface area contributed by atoms with E-state index in [0.29, 0.717) is 28.8 Å². The van der Waals surface area contributed by atoms with E-state index in [9.17, 15) is 9.59 Å². The summed E-state index contributed by atoms with van der Waals surface area (Å²) in [6.45, 7) is 9.60. The number of rotatable bonds is 7. The maximum Gasteiger partial charge on any atom is 0.278 e. The molecule has 0 aliphatic carbocycles.